The Labute approximate surface area is 97.6 Å². The Morgan fingerprint density at radius 1 is 1.50 bits per heavy atom. The molecule has 0 aromatic heterocycles. The van der Waals surface area contributed by atoms with Crippen LogP contribution in [-0.4, -0.2) is 5.38 Å². The van der Waals surface area contributed by atoms with Gasteiger partial charge in [0.2, 0.25) is 0 Å². The Balaban J connectivity index is 2.51. The summed E-state index contributed by atoms with van der Waals surface area (Å²) in [6.45, 7) is 1.99. The fraction of sp³-hybridized carbons (Fsp3) is 0.455. The van der Waals surface area contributed by atoms with E-state index in [0.29, 0.717) is 0 Å². The van der Waals surface area contributed by atoms with Crippen LogP contribution < -0.4 is 0 Å². The first-order valence-electron chi connectivity index (χ1n) is 4.67. The molecule has 78 valence electrons. The summed E-state index contributed by atoms with van der Waals surface area (Å²) in [5, 5.41) is 0.217. The first-order chi connectivity index (χ1) is 6.59. The summed E-state index contributed by atoms with van der Waals surface area (Å²) in [7, 11) is 0. The van der Waals surface area contributed by atoms with Gasteiger partial charge in [0.15, 0.2) is 0 Å². The topological polar surface area (TPSA) is 0 Å². The Kier molecular flexibility index (Phi) is 4.90. The molecule has 1 aromatic rings. The van der Waals surface area contributed by atoms with E-state index >= 15 is 0 Å². The summed E-state index contributed by atoms with van der Waals surface area (Å²) < 4.78 is 13.6. The van der Waals surface area contributed by atoms with Gasteiger partial charge in [0.25, 0.3) is 0 Å². The molecule has 0 aliphatic rings. The van der Waals surface area contributed by atoms with Crippen molar-refractivity contribution in [3.05, 3.63) is 34.1 Å². The molecule has 14 heavy (non-hydrogen) atoms. The van der Waals surface area contributed by atoms with E-state index in [1.807, 2.05) is 13.0 Å². The number of aryl methyl sites for hydroxylation is 1. The van der Waals surface area contributed by atoms with Gasteiger partial charge in [-0.05, 0) is 43.9 Å². The van der Waals surface area contributed by atoms with Crippen LogP contribution in [0.3, 0.4) is 0 Å². The summed E-state index contributed by atoms with van der Waals surface area (Å²) in [5.41, 5.74) is 1.14. The Hall–Kier alpha value is -0.0800. The van der Waals surface area contributed by atoms with E-state index < -0.39 is 0 Å². The zero-order chi connectivity index (χ0) is 10.6. The smallest absolute Gasteiger partial charge is 0.124 e. The molecule has 0 fully saturated rings. The highest BCUT2D eigenvalue weighted by atomic mass is 79.9. The van der Waals surface area contributed by atoms with Crippen LogP contribution >= 0.6 is 27.5 Å². The molecule has 0 aliphatic heterocycles. The van der Waals surface area contributed by atoms with Crippen LogP contribution in [0.25, 0.3) is 0 Å². The van der Waals surface area contributed by atoms with Crippen molar-refractivity contribution in [1.82, 2.24) is 0 Å². The van der Waals surface area contributed by atoms with Crippen molar-refractivity contribution in [3.8, 4) is 0 Å². The van der Waals surface area contributed by atoms with Gasteiger partial charge in [-0.3, -0.25) is 0 Å². The molecule has 0 saturated carbocycles. The van der Waals surface area contributed by atoms with Crippen LogP contribution in [0.4, 0.5) is 4.39 Å². The normalized spacial score (nSPS) is 12.9. The van der Waals surface area contributed by atoms with Gasteiger partial charge in [0, 0.05) is 9.85 Å². The van der Waals surface area contributed by atoms with Gasteiger partial charge < -0.3 is 0 Å². The number of hydrogen-bond donors (Lipinski definition) is 0. The Morgan fingerprint density at radius 2 is 2.21 bits per heavy atom. The van der Waals surface area contributed by atoms with E-state index in [1.165, 1.54) is 12.1 Å². The molecule has 1 rings (SSSR count). The minimum Gasteiger partial charge on any atom is -0.207 e. The minimum absolute atomic E-state index is 0.202. The molecule has 1 aromatic carbocycles. The van der Waals surface area contributed by atoms with Gasteiger partial charge in [-0.1, -0.05) is 22.0 Å². The summed E-state index contributed by atoms with van der Waals surface area (Å²) in [4.78, 5) is 0. The highest BCUT2D eigenvalue weighted by Gasteiger charge is 2.02. The van der Waals surface area contributed by atoms with Crippen molar-refractivity contribution in [1.29, 1.82) is 0 Å². The molecule has 0 amide bonds. The summed E-state index contributed by atoms with van der Waals surface area (Å²) in [5.74, 6) is -0.202. The molecule has 1 unspecified atom stereocenters. The van der Waals surface area contributed by atoms with E-state index in [2.05, 4.69) is 15.9 Å². The number of rotatable bonds is 4. The van der Waals surface area contributed by atoms with Crippen molar-refractivity contribution in [2.24, 2.45) is 0 Å². The number of benzene rings is 1. The third-order valence-corrected chi connectivity index (χ3v) is 3.02. The Bertz CT molecular complexity index is 299. The second kappa shape index (κ2) is 5.72. The van der Waals surface area contributed by atoms with Crippen LogP contribution in [0.1, 0.15) is 25.3 Å². The molecular weight excluding hydrogens is 266 g/mol. The molecule has 1 atom stereocenters. The van der Waals surface area contributed by atoms with E-state index in [-0.39, 0.29) is 11.2 Å². The number of halogens is 3. The molecule has 3 heteroatoms. The molecule has 0 bridgehead atoms. The van der Waals surface area contributed by atoms with Gasteiger partial charge in [0.1, 0.15) is 5.82 Å². The molecule has 0 N–H and O–H groups in total. The highest BCUT2D eigenvalue weighted by Crippen LogP contribution is 2.20. The van der Waals surface area contributed by atoms with Crippen LogP contribution in [0, 0.1) is 5.82 Å². The maximum atomic E-state index is 12.7. The first-order valence-corrected chi connectivity index (χ1v) is 5.90. The Morgan fingerprint density at radius 3 is 2.79 bits per heavy atom. The van der Waals surface area contributed by atoms with Crippen molar-refractivity contribution in [2.45, 2.75) is 31.6 Å². The fourth-order valence-electron chi connectivity index (χ4n) is 1.30. The second-order valence-electron chi connectivity index (χ2n) is 3.41. The van der Waals surface area contributed by atoms with Gasteiger partial charge in [-0.2, -0.15) is 0 Å². The van der Waals surface area contributed by atoms with Crippen molar-refractivity contribution in [2.75, 3.05) is 0 Å². The average Bonchev–Trinajstić information content (AvgIpc) is 2.08. The van der Waals surface area contributed by atoms with Crippen LogP contribution in [0.15, 0.2) is 22.7 Å². The summed E-state index contributed by atoms with van der Waals surface area (Å²) in [6, 6.07) is 4.81. The quantitative estimate of drug-likeness (QED) is 0.710. The van der Waals surface area contributed by atoms with Crippen molar-refractivity contribution < 1.29 is 4.39 Å². The predicted molar refractivity (Wildman–Crippen MR) is 62.4 cm³/mol. The van der Waals surface area contributed by atoms with Crippen molar-refractivity contribution >= 4 is 27.5 Å². The molecule has 0 saturated heterocycles. The monoisotopic (exact) mass is 278 g/mol. The fourth-order valence-corrected chi connectivity index (χ4v) is 2.00. The van der Waals surface area contributed by atoms with Crippen LogP contribution in [-0.2, 0) is 6.42 Å². The van der Waals surface area contributed by atoms with E-state index in [9.17, 15) is 4.39 Å². The second-order valence-corrected chi connectivity index (χ2v) is 5.01. The molecule has 0 radical (unpaired) electrons. The molecule has 0 spiro atoms. The lowest BCUT2D eigenvalue weighted by atomic mass is 10.1. The lowest BCUT2D eigenvalue weighted by molar-refractivity contribution is 0.625. The molecule has 0 nitrogen and oxygen atoms in total. The SMILES string of the molecule is CC(Cl)CCCc1ccc(F)cc1Br. The van der Waals surface area contributed by atoms with Gasteiger partial charge >= 0.3 is 0 Å². The zero-order valence-corrected chi connectivity index (χ0v) is 10.4. The third kappa shape index (κ3) is 3.97. The molecule has 0 heterocycles. The van der Waals surface area contributed by atoms with Gasteiger partial charge in [-0.15, -0.1) is 11.6 Å². The maximum absolute atomic E-state index is 12.7. The van der Waals surface area contributed by atoms with Crippen LogP contribution in [0.2, 0.25) is 0 Å². The van der Waals surface area contributed by atoms with E-state index in [0.717, 1.165) is 29.3 Å². The van der Waals surface area contributed by atoms with E-state index in [1.54, 1.807) is 0 Å². The molecule has 0 aliphatic carbocycles. The maximum Gasteiger partial charge on any atom is 0.124 e. The summed E-state index contributed by atoms with van der Waals surface area (Å²) in [6.07, 6.45) is 2.97. The zero-order valence-electron chi connectivity index (χ0n) is 8.06. The summed E-state index contributed by atoms with van der Waals surface area (Å²) >= 11 is 9.18. The van der Waals surface area contributed by atoms with E-state index in [4.69, 9.17) is 11.6 Å². The van der Waals surface area contributed by atoms with Crippen molar-refractivity contribution in [3.63, 3.8) is 0 Å². The highest BCUT2D eigenvalue weighted by molar-refractivity contribution is 9.10. The molecular formula is C11H13BrClF. The average molecular weight is 280 g/mol. The largest absolute Gasteiger partial charge is 0.207 e. The van der Waals surface area contributed by atoms with Gasteiger partial charge in [-0.25, -0.2) is 4.39 Å². The predicted octanol–water partition coefficient (Wildman–Crippen LogP) is 4.54. The number of alkyl halides is 1. The minimum atomic E-state index is -0.202. The van der Waals surface area contributed by atoms with Gasteiger partial charge in [0.05, 0.1) is 0 Å². The lowest BCUT2D eigenvalue weighted by Gasteiger charge is -2.05. The standard InChI is InChI=1S/C11H13BrClF/c1-8(13)3-2-4-9-5-6-10(14)7-11(9)12/h5-8H,2-4H2,1H3. The number of hydrogen-bond acceptors (Lipinski definition) is 0. The first kappa shape index (κ1) is 12.0. The third-order valence-electron chi connectivity index (χ3n) is 2.06. The van der Waals surface area contributed by atoms with Crippen LogP contribution in [0.5, 0.6) is 0 Å². The lowest BCUT2D eigenvalue weighted by Crippen LogP contribution is -1.94.